The zero-order valence-corrected chi connectivity index (χ0v) is 11.7. The lowest BCUT2D eigenvalue weighted by atomic mass is 10.2. The van der Waals surface area contributed by atoms with Crippen molar-refractivity contribution in [2.45, 2.75) is 6.92 Å². The Kier molecular flexibility index (Phi) is 3.49. The van der Waals surface area contributed by atoms with Gasteiger partial charge in [-0.05, 0) is 48.4 Å². The minimum absolute atomic E-state index is 0.0196. The summed E-state index contributed by atoms with van der Waals surface area (Å²) in [5, 5.41) is 6.94. The number of aromatic nitrogens is 5. The van der Waals surface area contributed by atoms with Crippen LogP contribution in [0.1, 0.15) is 5.56 Å². The summed E-state index contributed by atoms with van der Waals surface area (Å²) < 4.78 is 14.8. The molecule has 0 saturated heterocycles. The molecule has 1 aromatic carbocycles. The molecule has 2 aromatic heterocycles. The van der Waals surface area contributed by atoms with E-state index >= 15 is 0 Å². The molecule has 1 N–H and O–H groups in total. The second kappa shape index (κ2) is 5.45. The van der Waals surface area contributed by atoms with Crippen molar-refractivity contribution in [3.05, 3.63) is 53.3 Å². The van der Waals surface area contributed by atoms with Gasteiger partial charge in [-0.2, -0.15) is 20.1 Å². The van der Waals surface area contributed by atoms with Gasteiger partial charge >= 0.3 is 0 Å². The lowest BCUT2D eigenvalue weighted by Crippen LogP contribution is -2.07. The smallest absolute Gasteiger partial charge is 0.256 e. The van der Waals surface area contributed by atoms with E-state index in [1.165, 1.54) is 16.8 Å². The van der Waals surface area contributed by atoms with E-state index in [0.717, 1.165) is 5.56 Å². The normalized spacial score (nSPS) is 10.6. The van der Waals surface area contributed by atoms with Crippen LogP contribution < -0.4 is 5.32 Å². The molecule has 106 valence electrons. The van der Waals surface area contributed by atoms with Crippen LogP contribution in [-0.4, -0.2) is 24.7 Å². The van der Waals surface area contributed by atoms with Crippen molar-refractivity contribution in [2.75, 3.05) is 5.32 Å². The van der Waals surface area contributed by atoms with E-state index in [9.17, 15) is 4.39 Å². The number of rotatable bonds is 3. The molecule has 8 heteroatoms. The fourth-order valence-electron chi connectivity index (χ4n) is 1.82. The second-order valence-electron chi connectivity index (χ2n) is 4.32. The summed E-state index contributed by atoms with van der Waals surface area (Å²) in [5.41, 5.74) is 1.31. The molecular weight excluding hydrogens is 295 g/mol. The molecule has 21 heavy (non-hydrogen) atoms. The molecule has 0 amide bonds. The molecule has 0 bridgehead atoms. The maximum atomic E-state index is 13.4. The van der Waals surface area contributed by atoms with Crippen molar-refractivity contribution in [1.82, 2.24) is 24.7 Å². The van der Waals surface area contributed by atoms with Crippen LogP contribution >= 0.6 is 11.6 Å². The first kappa shape index (κ1) is 13.4. The van der Waals surface area contributed by atoms with Crippen molar-refractivity contribution in [3.63, 3.8) is 0 Å². The number of aryl methyl sites for hydroxylation is 1. The molecule has 3 aromatic rings. The quantitative estimate of drug-likeness (QED) is 0.806. The van der Waals surface area contributed by atoms with Crippen molar-refractivity contribution in [2.24, 2.45) is 0 Å². The van der Waals surface area contributed by atoms with Crippen LogP contribution in [0.25, 0.3) is 5.95 Å². The zero-order valence-electron chi connectivity index (χ0n) is 11.0. The molecule has 0 saturated carbocycles. The van der Waals surface area contributed by atoms with E-state index in [2.05, 4.69) is 25.4 Å². The van der Waals surface area contributed by atoms with Crippen molar-refractivity contribution in [3.8, 4) is 5.95 Å². The topological polar surface area (TPSA) is 68.5 Å². The van der Waals surface area contributed by atoms with Crippen LogP contribution in [0.4, 0.5) is 16.0 Å². The van der Waals surface area contributed by atoms with E-state index in [-0.39, 0.29) is 23.0 Å². The number of benzene rings is 1. The average molecular weight is 305 g/mol. The molecule has 0 radical (unpaired) electrons. The third-order valence-electron chi connectivity index (χ3n) is 2.60. The second-order valence-corrected chi connectivity index (χ2v) is 4.66. The standard InChI is InChI=1S/C13H10ClFN6/c1-8-5-9(15)7-10(6-8)17-12-18-11(14)19-13(20-12)21-4-2-3-16-21/h2-7H,1H3,(H,17,18,19,20). The van der Waals surface area contributed by atoms with Crippen LogP contribution in [0.15, 0.2) is 36.7 Å². The molecule has 0 aliphatic carbocycles. The molecule has 2 heterocycles. The summed E-state index contributed by atoms with van der Waals surface area (Å²) in [6, 6.07) is 6.29. The summed E-state index contributed by atoms with van der Waals surface area (Å²) in [4.78, 5) is 12.1. The largest absolute Gasteiger partial charge is 0.324 e. The molecule has 3 rings (SSSR count). The maximum absolute atomic E-state index is 13.4. The summed E-state index contributed by atoms with van der Waals surface area (Å²) in [6.45, 7) is 1.80. The van der Waals surface area contributed by atoms with E-state index in [0.29, 0.717) is 5.69 Å². The van der Waals surface area contributed by atoms with E-state index in [4.69, 9.17) is 11.6 Å². The Labute approximate surface area is 124 Å². The predicted octanol–water partition coefficient (Wildman–Crippen LogP) is 2.90. The van der Waals surface area contributed by atoms with E-state index in [1.807, 2.05) is 0 Å². The minimum Gasteiger partial charge on any atom is -0.324 e. The average Bonchev–Trinajstić information content (AvgIpc) is 2.90. The van der Waals surface area contributed by atoms with Gasteiger partial charge in [0, 0.05) is 18.1 Å². The molecule has 6 nitrogen and oxygen atoms in total. The highest BCUT2D eigenvalue weighted by Gasteiger charge is 2.08. The molecule has 0 aliphatic rings. The number of anilines is 2. The first-order valence-electron chi connectivity index (χ1n) is 6.06. The molecule has 0 atom stereocenters. The van der Waals surface area contributed by atoms with Gasteiger partial charge in [-0.3, -0.25) is 0 Å². The lowest BCUT2D eigenvalue weighted by Gasteiger charge is -2.07. The molecule has 0 unspecified atom stereocenters. The van der Waals surface area contributed by atoms with E-state index < -0.39 is 0 Å². The van der Waals surface area contributed by atoms with Crippen LogP contribution in [0.3, 0.4) is 0 Å². The minimum atomic E-state index is -0.343. The summed E-state index contributed by atoms with van der Waals surface area (Å²) in [6.07, 6.45) is 3.28. The molecule has 0 spiro atoms. The third-order valence-corrected chi connectivity index (χ3v) is 2.77. The van der Waals surface area contributed by atoms with Crippen LogP contribution in [0, 0.1) is 12.7 Å². The summed E-state index contributed by atoms with van der Waals surface area (Å²) >= 11 is 5.88. The van der Waals surface area contributed by atoms with Crippen LogP contribution in [0.5, 0.6) is 0 Å². The number of nitrogens with zero attached hydrogens (tertiary/aromatic N) is 5. The Bertz CT molecular complexity index is 754. The molecule has 0 fully saturated rings. The van der Waals surface area contributed by atoms with Gasteiger partial charge in [0.2, 0.25) is 11.2 Å². The number of hydrogen-bond donors (Lipinski definition) is 1. The fraction of sp³-hybridized carbons (Fsp3) is 0.0769. The van der Waals surface area contributed by atoms with Gasteiger partial charge in [0.05, 0.1) is 0 Å². The lowest BCUT2D eigenvalue weighted by molar-refractivity contribution is 0.627. The Morgan fingerprint density at radius 1 is 1.19 bits per heavy atom. The summed E-state index contributed by atoms with van der Waals surface area (Å²) in [7, 11) is 0. The van der Waals surface area contributed by atoms with Gasteiger partial charge in [-0.25, -0.2) is 9.07 Å². The first-order valence-corrected chi connectivity index (χ1v) is 6.44. The SMILES string of the molecule is Cc1cc(F)cc(Nc2nc(Cl)nc(-n3cccn3)n2)c1. The van der Waals surface area contributed by atoms with Gasteiger partial charge in [-0.15, -0.1) is 0 Å². The number of hydrogen-bond acceptors (Lipinski definition) is 5. The van der Waals surface area contributed by atoms with Gasteiger partial charge in [0.25, 0.3) is 5.95 Å². The van der Waals surface area contributed by atoms with E-state index in [1.54, 1.807) is 31.5 Å². The van der Waals surface area contributed by atoms with Crippen LogP contribution in [-0.2, 0) is 0 Å². The number of nitrogens with one attached hydrogen (secondary N) is 1. The Hall–Kier alpha value is -2.54. The van der Waals surface area contributed by atoms with Crippen molar-refractivity contribution in [1.29, 1.82) is 0 Å². The highest BCUT2D eigenvalue weighted by Crippen LogP contribution is 2.18. The van der Waals surface area contributed by atoms with Gasteiger partial charge in [-0.1, -0.05) is 0 Å². The maximum Gasteiger partial charge on any atom is 0.256 e. The van der Waals surface area contributed by atoms with Gasteiger partial charge in [0.1, 0.15) is 5.82 Å². The van der Waals surface area contributed by atoms with Gasteiger partial charge in [0.15, 0.2) is 0 Å². The Morgan fingerprint density at radius 2 is 2.05 bits per heavy atom. The van der Waals surface area contributed by atoms with Crippen molar-refractivity contribution < 1.29 is 4.39 Å². The summed E-state index contributed by atoms with van der Waals surface area (Å²) in [5.74, 6) is 0.145. The third kappa shape index (κ3) is 3.14. The monoisotopic (exact) mass is 304 g/mol. The Morgan fingerprint density at radius 3 is 2.76 bits per heavy atom. The molecular formula is C13H10ClFN6. The fourth-order valence-corrected chi connectivity index (χ4v) is 1.98. The highest BCUT2D eigenvalue weighted by molar-refractivity contribution is 6.28. The zero-order chi connectivity index (χ0) is 14.8. The molecule has 0 aliphatic heterocycles. The highest BCUT2D eigenvalue weighted by atomic mass is 35.5. The van der Waals surface area contributed by atoms with Crippen molar-refractivity contribution >= 4 is 23.2 Å². The number of halogens is 2. The van der Waals surface area contributed by atoms with Gasteiger partial charge < -0.3 is 5.32 Å². The first-order chi connectivity index (χ1) is 10.1. The Balaban J connectivity index is 1.95. The van der Waals surface area contributed by atoms with Crippen LogP contribution in [0.2, 0.25) is 5.28 Å². The predicted molar refractivity (Wildman–Crippen MR) is 76.4 cm³/mol.